The number of unbranched alkanes of at least 4 members (excludes halogenated alkanes) is 5. The van der Waals surface area contributed by atoms with E-state index in [-0.39, 0.29) is 11.5 Å². The summed E-state index contributed by atoms with van der Waals surface area (Å²) in [6.07, 6.45) is 8.24. The normalized spacial score (nSPS) is 15.3. The van der Waals surface area contributed by atoms with Crippen LogP contribution in [0.5, 0.6) is 0 Å². The largest absolute Gasteiger partial charge is 0.345 e. The fourth-order valence-electron chi connectivity index (χ4n) is 1.93. The molecule has 0 saturated carbocycles. The van der Waals surface area contributed by atoms with Crippen LogP contribution in [0.1, 0.15) is 58.8 Å². The number of hydrogen-bond acceptors (Lipinski definition) is 1. The summed E-state index contributed by atoms with van der Waals surface area (Å²) >= 11 is 18.2. The first-order valence-electron chi connectivity index (χ1n) is 6.39. The van der Waals surface area contributed by atoms with Gasteiger partial charge in [-0.15, -0.1) is 33.2 Å². The maximum absolute atomic E-state index is 8.94. The van der Waals surface area contributed by atoms with Crippen LogP contribution in [0.25, 0.3) is 0 Å². The van der Waals surface area contributed by atoms with Crippen molar-refractivity contribution in [3.63, 3.8) is 0 Å². The molecule has 5 heteroatoms. The van der Waals surface area contributed by atoms with Crippen molar-refractivity contribution in [2.45, 2.75) is 64.3 Å². The maximum Gasteiger partial charge on any atom is 0.345 e. The third kappa shape index (κ3) is 8.32. The van der Waals surface area contributed by atoms with Gasteiger partial charge in [0.05, 0.1) is 6.07 Å². The molecule has 2 atom stereocenters. The molecular weight excluding hydrogens is 293 g/mol. The van der Waals surface area contributed by atoms with E-state index in [4.69, 9.17) is 38.5 Å². The zero-order chi connectivity index (χ0) is 13.3. The lowest BCUT2D eigenvalue weighted by Gasteiger charge is -2.24. The molecule has 17 heavy (non-hydrogen) atoms. The lowest BCUT2D eigenvalue weighted by molar-refractivity contribution is 0.538. The minimum Gasteiger partial charge on any atom is -0.198 e. The molecule has 0 amide bonds. The van der Waals surface area contributed by atoms with E-state index in [0.717, 1.165) is 12.8 Å². The Hall–Kier alpha value is 0.577. The fraction of sp³-hybridized carbons (Fsp3) is 0.917. The second-order valence-corrected chi connectivity index (χ2v) is 13.6. The molecule has 0 saturated heterocycles. The summed E-state index contributed by atoms with van der Waals surface area (Å²) in [5, 5.41) is 8.94. The van der Waals surface area contributed by atoms with Gasteiger partial charge in [0.25, 0.3) is 0 Å². The van der Waals surface area contributed by atoms with Gasteiger partial charge in [0.15, 0.2) is 0 Å². The van der Waals surface area contributed by atoms with Gasteiger partial charge in [0.2, 0.25) is 0 Å². The molecule has 0 aliphatic heterocycles. The van der Waals surface area contributed by atoms with Crippen LogP contribution in [0.4, 0.5) is 0 Å². The zero-order valence-electron chi connectivity index (χ0n) is 10.7. The van der Waals surface area contributed by atoms with Crippen LogP contribution in [0.15, 0.2) is 0 Å². The molecule has 0 rings (SSSR count). The predicted octanol–water partition coefficient (Wildman–Crippen LogP) is 5.92. The molecule has 0 aliphatic rings. The van der Waals surface area contributed by atoms with Crippen LogP contribution in [-0.2, 0) is 0 Å². The molecular formula is C12H22Cl3NSi. The molecule has 0 fully saturated rings. The van der Waals surface area contributed by atoms with E-state index in [2.05, 4.69) is 13.0 Å². The summed E-state index contributed by atoms with van der Waals surface area (Å²) in [5.74, 6) is -0.148. The lowest BCUT2D eigenvalue weighted by Crippen LogP contribution is -2.25. The molecule has 0 radical (unpaired) electrons. The van der Waals surface area contributed by atoms with E-state index < -0.39 is 6.00 Å². The molecule has 100 valence electrons. The van der Waals surface area contributed by atoms with Crippen LogP contribution < -0.4 is 0 Å². The summed E-state index contributed by atoms with van der Waals surface area (Å²) < 4.78 is 0. The van der Waals surface area contributed by atoms with E-state index in [1.165, 1.54) is 32.1 Å². The highest BCUT2D eigenvalue weighted by Crippen LogP contribution is 2.42. The van der Waals surface area contributed by atoms with Gasteiger partial charge in [-0.05, 0) is 13.3 Å². The second-order valence-electron chi connectivity index (χ2n) is 4.62. The van der Waals surface area contributed by atoms with E-state index in [9.17, 15) is 0 Å². The van der Waals surface area contributed by atoms with E-state index >= 15 is 0 Å². The van der Waals surface area contributed by atoms with Crippen molar-refractivity contribution in [3.8, 4) is 6.07 Å². The maximum atomic E-state index is 8.94. The Bertz CT molecular complexity index is 235. The van der Waals surface area contributed by atoms with Crippen molar-refractivity contribution in [2.75, 3.05) is 0 Å². The first-order valence-corrected chi connectivity index (χ1v) is 11.5. The van der Waals surface area contributed by atoms with Crippen molar-refractivity contribution >= 4 is 39.2 Å². The average molecular weight is 315 g/mol. The van der Waals surface area contributed by atoms with Crippen LogP contribution in [0.3, 0.4) is 0 Å². The average Bonchev–Trinajstić information content (AvgIpc) is 2.25. The Morgan fingerprint density at radius 1 is 1.06 bits per heavy atom. The SMILES string of the molecule is CCCCCCCCC(C(C)C#N)[Si](Cl)(Cl)Cl. The molecule has 0 aliphatic carbocycles. The van der Waals surface area contributed by atoms with Crippen LogP contribution in [0.2, 0.25) is 5.54 Å². The Morgan fingerprint density at radius 3 is 2.06 bits per heavy atom. The monoisotopic (exact) mass is 313 g/mol. The molecule has 2 unspecified atom stereocenters. The van der Waals surface area contributed by atoms with Crippen molar-refractivity contribution in [1.82, 2.24) is 0 Å². The minimum absolute atomic E-state index is 0.0244. The first-order chi connectivity index (χ1) is 7.93. The summed E-state index contributed by atoms with van der Waals surface area (Å²) in [7, 11) is 0. The highest BCUT2D eigenvalue weighted by molar-refractivity contribution is 7.65. The summed E-state index contributed by atoms with van der Waals surface area (Å²) in [4.78, 5) is 0. The quantitative estimate of drug-likeness (QED) is 0.294. The fourth-order valence-corrected chi connectivity index (χ4v) is 5.79. The Balaban J connectivity index is 3.91. The highest BCUT2D eigenvalue weighted by Gasteiger charge is 2.39. The number of nitrogens with zero attached hydrogens (tertiary/aromatic N) is 1. The van der Waals surface area contributed by atoms with Gasteiger partial charge in [-0.25, -0.2) is 0 Å². The van der Waals surface area contributed by atoms with Crippen LogP contribution in [0, 0.1) is 17.2 Å². The number of halogens is 3. The van der Waals surface area contributed by atoms with E-state index in [0.29, 0.717) is 0 Å². The van der Waals surface area contributed by atoms with Crippen molar-refractivity contribution in [3.05, 3.63) is 0 Å². The number of hydrogen-bond donors (Lipinski definition) is 0. The summed E-state index contributed by atoms with van der Waals surface area (Å²) in [6.45, 7) is 4.07. The molecule has 0 N–H and O–H groups in total. The van der Waals surface area contributed by atoms with Gasteiger partial charge in [-0.2, -0.15) is 5.26 Å². The third-order valence-electron chi connectivity index (χ3n) is 3.10. The molecule has 0 aromatic heterocycles. The number of nitriles is 1. The van der Waals surface area contributed by atoms with Gasteiger partial charge in [-0.1, -0.05) is 45.4 Å². The van der Waals surface area contributed by atoms with Gasteiger partial charge >= 0.3 is 6.00 Å². The first kappa shape index (κ1) is 17.6. The number of rotatable bonds is 9. The highest BCUT2D eigenvalue weighted by atomic mass is 35.8. The molecule has 0 bridgehead atoms. The van der Waals surface area contributed by atoms with Crippen LogP contribution >= 0.6 is 33.2 Å². The minimum atomic E-state index is -2.75. The van der Waals surface area contributed by atoms with Crippen molar-refractivity contribution in [2.24, 2.45) is 5.92 Å². The molecule has 1 nitrogen and oxygen atoms in total. The standard InChI is InChI=1S/C12H22Cl3NSi/c1-3-4-5-6-7-8-9-12(11(2)10-16)17(13,14)15/h11-12H,3-9H2,1-2H3. The molecule has 0 spiro atoms. The second kappa shape index (κ2) is 9.50. The summed E-state index contributed by atoms with van der Waals surface area (Å²) in [5.41, 5.74) is -0.0244. The van der Waals surface area contributed by atoms with Gasteiger partial charge in [0.1, 0.15) is 0 Å². The predicted molar refractivity (Wildman–Crippen MR) is 79.8 cm³/mol. The Morgan fingerprint density at radius 2 is 1.59 bits per heavy atom. The zero-order valence-corrected chi connectivity index (χ0v) is 14.0. The van der Waals surface area contributed by atoms with Gasteiger partial charge in [-0.3, -0.25) is 0 Å². The van der Waals surface area contributed by atoms with E-state index in [1.54, 1.807) is 0 Å². The van der Waals surface area contributed by atoms with Crippen LogP contribution in [-0.4, -0.2) is 6.00 Å². The van der Waals surface area contributed by atoms with E-state index in [1.807, 2.05) is 6.92 Å². The summed E-state index contributed by atoms with van der Waals surface area (Å²) in [6, 6.07) is -0.538. The lowest BCUT2D eigenvalue weighted by atomic mass is 10.0. The smallest absolute Gasteiger partial charge is 0.198 e. The van der Waals surface area contributed by atoms with Gasteiger partial charge in [0, 0.05) is 11.5 Å². The topological polar surface area (TPSA) is 23.8 Å². The molecule has 0 heterocycles. The molecule has 0 aromatic carbocycles. The Labute approximate surface area is 121 Å². The Kier molecular flexibility index (Phi) is 9.82. The van der Waals surface area contributed by atoms with Crippen molar-refractivity contribution in [1.29, 1.82) is 5.26 Å². The third-order valence-corrected chi connectivity index (χ3v) is 7.25. The van der Waals surface area contributed by atoms with Crippen molar-refractivity contribution < 1.29 is 0 Å². The molecule has 0 aromatic rings. The van der Waals surface area contributed by atoms with Gasteiger partial charge < -0.3 is 0 Å².